The fourth-order valence-electron chi connectivity index (χ4n) is 3.78. The third kappa shape index (κ3) is 1.89. The average Bonchev–Trinajstić information content (AvgIpc) is 3.17. The molecule has 1 heterocycles. The SMILES string of the molecule is COc1ccc2c(c1)nc(C1(C)CCCC1N)n2C1CC1. The maximum absolute atomic E-state index is 6.43. The lowest BCUT2D eigenvalue weighted by Crippen LogP contribution is -2.40. The lowest BCUT2D eigenvalue weighted by Gasteiger charge is -2.29. The van der Waals surface area contributed by atoms with Gasteiger partial charge in [0.05, 0.1) is 18.1 Å². The Kier molecular flexibility index (Phi) is 2.80. The standard InChI is InChI=1S/C17H23N3O/c1-17(9-3-4-15(17)18)16-19-13-10-12(21-2)7-8-14(13)20(16)11-5-6-11/h7-8,10-11,15H,3-6,9,18H2,1-2H3. The van der Waals surface area contributed by atoms with Crippen molar-refractivity contribution in [1.82, 2.24) is 9.55 Å². The first kappa shape index (κ1) is 13.1. The second-order valence-electron chi connectivity index (χ2n) is 6.81. The lowest BCUT2D eigenvalue weighted by atomic mass is 9.84. The van der Waals surface area contributed by atoms with Crippen molar-refractivity contribution < 1.29 is 4.74 Å². The summed E-state index contributed by atoms with van der Waals surface area (Å²) in [5.74, 6) is 2.06. The van der Waals surface area contributed by atoms with Crippen molar-refractivity contribution in [2.75, 3.05) is 7.11 Å². The van der Waals surface area contributed by atoms with Crippen LogP contribution in [0.15, 0.2) is 18.2 Å². The number of benzene rings is 1. The van der Waals surface area contributed by atoms with Crippen molar-refractivity contribution in [3.63, 3.8) is 0 Å². The largest absolute Gasteiger partial charge is 0.497 e. The molecule has 0 saturated heterocycles. The second-order valence-corrected chi connectivity index (χ2v) is 6.81. The highest BCUT2D eigenvalue weighted by atomic mass is 16.5. The van der Waals surface area contributed by atoms with Gasteiger partial charge in [-0.15, -0.1) is 0 Å². The molecule has 1 aromatic carbocycles. The fraction of sp³-hybridized carbons (Fsp3) is 0.588. The van der Waals surface area contributed by atoms with Gasteiger partial charge in [0.2, 0.25) is 0 Å². The minimum absolute atomic E-state index is 0.00877. The van der Waals surface area contributed by atoms with Crippen LogP contribution in [0.4, 0.5) is 0 Å². The van der Waals surface area contributed by atoms with Crippen LogP contribution in [0.3, 0.4) is 0 Å². The number of nitrogens with two attached hydrogens (primary N) is 1. The molecule has 2 atom stereocenters. The molecule has 4 heteroatoms. The molecule has 1 aromatic heterocycles. The highest BCUT2D eigenvalue weighted by Crippen LogP contribution is 2.46. The maximum atomic E-state index is 6.43. The second kappa shape index (κ2) is 4.47. The summed E-state index contributed by atoms with van der Waals surface area (Å²) in [5.41, 5.74) is 8.71. The fourth-order valence-corrected chi connectivity index (χ4v) is 3.78. The Morgan fingerprint density at radius 2 is 2.14 bits per heavy atom. The molecule has 4 rings (SSSR count). The van der Waals surface area contributed by atoms with E-state index in [1.807, 2.05) is 12.1 Å². The smallest absolute Gasteiger partial charge is 0.121 e. The van der Waals surface area contributed by atoms with Gasteiger partial charge in [-0.3, -0.25) is 0 Å². The van der Waals surface area contributed by atoms with Crippen LogP contribution in [0.2, 0.25) is 0 Å². The van der Waals surface area contributed by atoms with Crippen LogP contribution in [-0.2, 0) is 5.41 Å². The van der Waals surface area contributed by atoms with Crippen molar-refractivity contribution in [3.8, 4) is 5.75 Å². The highest BCUT2D eigenvalue weighted by molar-refractivity contribution is 5.78. The summed E-state index contributed by atoms with van der Waals surface area (Å²) in [6.45, 7) is 2.29. The molecule has 2 aliphatic carbocycles. The van der Waals surface area contributed by atoms with Gasteiger partial charge in [-0.2, -0.15) is 0 Å². The van der Waals surface area contributed by atoms with E-state index in [1.54, 1.807) is 7.11 Å². The number of methoxy groups -OCH3 is 1. The van der Waals surface area contributed by atoms with E-state index in [9.17, 15) is 0 Å². The van der Waals surface area contributed by atoms with Gasteiger partial charge in [0.15, 0.2) is 0 Å². The van der Waals surface area contributed by atoms with Crippen LogP contribution in [0.1, 0.15) is 50.9 Å². The number of imidazole rings is 1. The number of hydrogen-bond acceptors (Lipinski definition) is 3. The van der Waals surface area contributed by atoms with Crippen molar-refractivity contribution in [2.45, 2.75) is 56.5 Å². The minimum atomic E-state index is 0.00877. The van der Waals surface area contributed by atoms with Crippen LogP contribution in [0.5, 0.6) is 5.75 Å². The highest BCUT2D eigenvalue weighted by Gasteiger charge is 2.44. The summed E-state index contributed by atoms with van der Waals surface area (Å²) in [4.78, 5) is 4.99. The van der Waals surface area contributed by atoms with Crippen LogP contribution >= 0.6 is 0 Å². The third-order valence-electron chi connectivity index (χ3n) is 5.35. The minimum Gasteiger partial charge on any atom is -0.497 e. The Labute approximate surface area is 125 Å². The molecule has 2 fully saturated rings. The Hall–Kier alpha value is -1.55. The van der Waals surface area contributed by atoms with Crippen molar-refractivity contribution >= 4 is 11.0 Å². The van der Waals surface area contributed by atoms with E-state index in [-0.39, 0.29) is 11.5 Å². The van der Waals surface area contributed by atoms with E-state index < -0.39 is 0 Å². The molecule has 2 N–H and O–H groups in total. The van der Waals surface area contributed by atoms with E-state index >= 15 is 0 Å². The first-order valence-corrected chi connectivity index (χ1v) is 7.95. The van der Waals surface area contributed by atoms with E-state index in [0.29, 0.717) is 6.04 Å². The monoisotopic (exact) mass is 285 g/mol. The number of aromatic nitrogens is 2. The van der Waals surface area contributed by atoms with Gasteiger partial charge >= 0.3 is 0 Å². The summed E-state index contributed by atoms with van der Waals surface area (Å²) in [5, 5.41) is 0. The normalized spacial score (nSPS) is 29.2. The van der Waals surface area contributed by atoms with Gasteiger partial charge in [-0.25, -0.2) is 4.98 Å². The van der Waals surface area contributed by atoms with Crippen LogP contribution in [0.25, 0.3) is 11.0 Å². The molecule has 112 valence electrons. The summed E-state index contributed by atoms with van der Waals surface area (Å²) in [6.07, 6.45) is 5.97. The zero-order valence-electron chi connectivity index (χ0n) is 12.8. The van der Waals surface area contributed by atoms with Crippen molar-refractivity contribution in [2.24, 2.45) is 5.73 Å². The first-order chi connectivity index (χ1) is 10.1. The zero-order chi connectivity index (χ0) is 14.6. The van der Waals surface area contributed by atoms with Crippen LogP contribution < -0.4 is 10.5 Å². The molecule has 0 aliphatic heterocycles. The van der Waals surface area contributed by atoms with Gasteiger partial charge in [-0.1, -0.05) is 13.3 Å². The summed E-state index contributed by atoms with van der Waals surface area (Å²) in [6, 6.07) is 7.05. The molecule has 2 aliphatic rings. The number of hydrogen-bond donors (Lipinski definition) is 1. The molecule has 2 saturated carbocycles. The number of nitrogens with zero attached hydrogens (tertiary/aromatic N) is 2. The predicted octanol–water partition coefficient (Wildman–Crippen LogP) is 3.15. The zero-order valence-corrected chi connectivity index (χ0v) is 12.8. The number of fused-ring (bicyclic) bond motifs is 1. The Morgan fingerprint density at radius 3 is 2.76 bits per heavy atom. The van der Waals surface area contributed by atoms with Crippen molar-refractivity contribution in [1.29, 1.82) is 0 Å². The quantitative estimate of drug-likeness (QED) is 0.942. The van der Waals surface area contributed by atoms with Gasteiger partial charge in [0, 0.05) is 23.6 Å². The Bertz CT molecular complexity index is 689. The molecule has 0 spiro atoms. The van der Waals surface area contributed by atoms with E-state index in [2.05, 4.69) is 17.6 Å². The van der Waals surface area contributed by atoms with Crippen LogP contribution in [0, 0.1) is 0 Å². The predicted molar refractivity (Wildman–Crippen MR) is 83.7 cm³/mol. The Balaban J connectivity index is 1.93. The molecule has 0 amide bonds. The summed E-state index contributed by atoms with van der Waals surface area (Å²) < 4.78 is 7.80. The van der Waals surface area contributed by atoms with Gasteiger partial charge in [0.25, 0.3) is 0 Å². The first-order valence-electron chi connectivity index (χ1n) is 7.95. The molecule has 21 heavy (non-hydrogen) atoms. The van der Waals surface area contributed by atoms with Gasteiger partial charge in [-0.05, 0) is 37.8 Å². The molecule has 4 nitrogen and oxygen atoms in total. The molecular formula is C17H23N3O. The van der Waals surface area contributed by atoms with E-state index in [4.69, 9.17) is 15.5 Å². The molecule has 2 unspecified atom stereocenters. The molecule has 0 bridgehead atoms. The average molecular weight is 285 g/mol. The molecule has 0 radical (unpaired) electrons. The molecule has 2 aromatic rings. The number of rotatable bonds is 3. The lowest BCUT2D eigenvalue weighted by molar-refractivity contribution is 0.388. The summed E-state index contributed by atoms with van der Waals surface area (Å²) >= 11 is 0. The molecular weight excluding hydrogens is 262 g/mol. The van der Waals surface area contributed by atoms with Crippen LogP contribution in [-0.4, -0.2) is 22.7 Å². The topological polar surface area (TPSA) is 53.1 Å². The van der Waals surface area contributed by atoms with E-state index in [0.717, 1.165) is 24.1 Å². The number of ether oxygens (including phenoxy) is 1. The Morgan fingerprint density at radius 1 is 1.33 bits per heavy atom. The third-order valence-corrected chi connectivity index (χ3v) is 5.35. The van der Waals surface area contributed by atoms with Crippen molar-refractivity contribution in [3.05, 3.63) is 24.0 Å². The summed E-state index contributed by atoms with van der Waals surface area (Å²) in [7, 11) is 1.70. The van der Waals surface area contributed by atoms with E-state index in [1.165, 1.54) is 30.6 Å². The maximum Gasteiger partial charge on any atom is 0.121 e. The van der Waals surface area contributed by atoms with Gasteiger partial charge in [0.1, 0.15) is 11.6 Å². The van der Waals surface area contributed by atoms with Gasteiger partial charge < -0.3 is 15.0 Å².